The molecule has 2 N–H and O–H groups in total. The standard InChI is InChI=1S/C15H24N2O3/c18-14(19)9-12(10-5-6-10)16-15(20)17-8-7-11-3-1-2-4-13(11)17/h10-13H,1-9H2,(H,16,20)(H,18,19). The molecule has 3 rings (SSSR count). The lowest BCUT2D eigenvalue weighted by Crippen LogP contribution is -2.49. The van der Waals surface area contributed by atoms with E-state index in [1.807, 2.05) is 4.90 Å². The molecule has 2 saturated carbocycles. The molecular formula is C15H24N2O3. The van der Waals surface area contributed by atoms with E-state index in [1.54, 1.807) is 0 Å². The number of urea groups is 1. The Labute approximate surface area is 119 Å². The van der Waals surface area contributed by atoms with Crippen LogP contribution >= 0.6 is 0 Å². The van der Waals surface area contributed by atoms with Gasteiger partial charge in [-0.15, -0.1) is 0 Å². The van der Waals surface area contributed by atoms with Crippen LogP contribution in [0, 0.1) is 11.8 Å². The molecule has 0 bridgehead atoms. The molecule has 5 nitrogen and oxygen atoms in total. The molecule has 0 radical (unpaired) electrons. The second kappa shape index (κ2) is 5.62. The lowest BCUT2D eigenvalue weighted by molar-refractivity contribution is -0.137. The molecule has 3 aliphatic rings. The molecule has 3 fully saturated rings. The molecule has 2 aliphatic carbocycles. The number of fused-ring (bicyclic) bond motifs is 1. The van der Waals surface area contributed by atoms with Crippen LogP contribution in [0.25, 0.3) is 0 Å². The van der Waals surface area contributed by atoms with Crippen LogP contribution < -0.4 is 5.32 Å². The molecule has 3 unspecified atom stereocenters. The Kier molecular flexibility index (Phi) is 3.85. The number of carboxylic acid groups (broad SMARTS) is 1. The van der Waals surface area contributed by atoms with Crippen molar-refractivity contribution < 1.29 is 14.7 Å². The molecular weight excluding hydrogens is 256 g/mol. The predicted molar refractivity (Wildman–Crippen MR) is 74.4 cm³/mol. The van der Waals surface area contributed by atoms with Gasteiger partial charge in [0.2, 0.25) is 0 Å². The van der Waals surface area contributed by atoms with Crippen molar-refractivity contribution in [2.24, 2.45) is 11.8 Å². The van der Waals surface area contributed by atoms with Crippen LogP contribution in [0.3, 0.4) is 0 Å². The number of rotatable bonds is 4. The van der Waals surface area contributed by atoms with Crippen LogP contribution in [-0.2, 0) is 4.79 Å². The van der Waals surface area contributed by atoms with Gasteiger partial charge in [0.15, 0.2) is 0 Å². The average Bonchev–Trinajstić information content (AvgIpc) is 3.16. The van der Waals surface area contributed by atoms with Crippen LogP contribution in [0.1, 0.15) is 51.4 Å². The van der Waals surface area contributed by atoms with Crippen molar-refractivity contribution in [3.8, 4) is 0 Å². The summed E-state index contributed by atoms with van der Waals surface area (Å²) in [5.74, 6) is 0.229. The van der Waals surface area contributed by atoms with Crippen molar-refractivity contribution in [1.29, 1.82) is 0 Å². The van der Waals surface area contributed by atoms with Gasteiger partial charge in [-0.25, -0.2) is 4.79 Å². The lowest BCUT2D eigenvalue weighted by atomic mass is 9.85. The monoisotopic (exact) mass is 280 g/mol. The Balaban J connectivity index is 1.58. The van der Waals surface area contributed by atoms with Crippen LogP contribution in [0.15, 0.2) is 0 Å². The zero-order chi connectivity index (χ0) is 14.1. The molecule has 2 amide bonds. The number of likely N-dealkylation sites (tertiary alicyclic amines) is 1. The zero-order valence-corrected chi connectivity index (χ0v) is 11.9. The Hall–Kier alpha value is -1.26. The van der Waals surface area contributed by atoms with Gasteiger partial charge in [-0.2, -0.15) is 0 Å². The molecule has 3 atom stereocenters. The van der Waals surface area contributed by atoms with E-state index in [1.165, 1.54) is 19.3 Å². The maximum Gasteiger partial charge on any atom is 0.317 e. The highest BCUT2D eigenvalue weighted by Crippen LogP contribution is 2.37. The highest BCUT2D eigenvalue weighted by atomic mass is 16.4. The quantitative estimate of drug-likeness (QED) is 0.829. The third-order valence-corrected chi connectivity index (χ3v) is 5.17. The number of amides is 2. The summed E-state index contributed by atoms with van der Waals surface area (Å²) >= 11 is 0. The van der Waals surface area contributed by atoms with Gasteiger partial charge < -0.3 is 15.3 Å². The van der Waals surface area contributed by atoms with Crippen molar-refractivity contribution in [2.45, 2.75) is 63.5 Å². The van der Waals surface area contributed by atoms with Gasteiger partial charge in [-0.1, -0.05) is 12.8 Å². The van der Waals surface area contributed by atoms with Crippen molar-refractivity contribution in [1.82, 2.24) is 10.2 Å². The zero-order valence-electron chi connectivity index (χ0n) is 11.9. The molecule has 20 heavy (non-hydrogen) atoms. The molecule has 1 aliphatic heterocycles. The number of carbonyl (C=O) groups is 2. The maximum atomic E-state index is 12.4. The number of aliphatic carboxylic acids is 1. The van der Waals surface area contributed by atoms with E-state index in [4.69, 9.17) is 5.11 Å². The number of hydrogen-bond acceptors (Lipinski definition) is 2. The smallest absolute Gasteiger partial charge is 0.317 e. The van der Waals surface area contributed by atoms with Gasteiger partial charge >= 0.3 is 12.0 Å². The Morgan fingerprint density at radius 2 is 1.90 bits per heavy atom. The molecule has 1 saturated heterocycles. The molecule has 5 heteroatoms. The fourth-order valence-corrected chi connectivity index (χ4v) is 3.92. The molecule has 112 valence electrons. The predicted octanol–water partition coefficient (Wildman–Crippen LogP) is 2.21. The second-order valence-corrected chi connectivity index (χ2v) is 6.59. The van der Waals surface area contributed by atoms with Crippen molar-refractivity contribution in [3.63, 3.8) is 0 Å². The first-order chi connectivity index (χ1) is 9.65. The van der Waals surface area contributed by atoms with Gasteiger partial charge in [0.25, 0.3) is 0 Å². The lowest BCUT2D eigenvalue weighted by Gasteiger charge is -2.32. The number of nitrogens with zero attached hydrogens (tertiary/aromatic N) is 1. The summed E-state index contributed by atoms with van der Waals surface area (Å²) in [6.07, 6.45) is 8.13. The summed E-state index contributed by atoms with van der Waals surface area (Å²) in [5, 5.41) is 12.0. The van der Waals surface area contributed by atoms with Gasteiger partial charge in [-0.05, 0) is 43.9 Å². The molecule has 0 spiro atoms. The Bertz CT molecular complexity index is 395. The van der Waals surface area contributed by atoms with Crippen LogP contribution in [0.2, 0.25) is 0 Å². The number of carboxylic acids is 1. The first-order valence-electron chi connectivity index (χ1n) is 7.94. The van der Waals surface area contributed by atoms with Gasteiger partial charge in [0.05, 0.1) is 6.42 Å². The van der Waals surface area contributed by atoms with E-state index in [-0.39, 0.29) is 18.5 Å². The summed E-state index contributed by atoms with van der Waals surface area (Å²) in [7, 11) is 0. The van der Waals surface area contributed by atoms with Crippen molar-refractivity contribution >= 4 is 12.0 Å². The fourth-order valence-electron chi connectivity index (χ4n) is 3.92. The Morgan fingerprint density at radius 1 is 1.15 bits per heavy atom. The first kappa shape index (κ1) is 13.7. The highest BCUT2D eigenvalue weighted by molar-refractivity contribution is 5.76. The summed E-state index contributed by atoms with van der Waals surface area (Å²) in [6.45, 7) is 0.839. The van der Waals surface area contributed by atoms with Crippen molar-refractivity contribution in [3.05, 3.63) is 0 Å². The summed E-state index contributed by atoms with van der Waals surface area (Å²) in [5.41, 5.74) is 0. The van der Waals surface area contributed by atoms with Gasteiger partial charge in [0, 0.05) is 18.6 Å². The van der Waals surface area contributed by atoms with Crippen LogP contribution in [0.4, 0.5) is 4.79 Å². The number of carbonyl (C=O) groups excluding carboxylic acids is 1. The topological polar surface area (TPSA) is 69.6 Å². The molecule has 0 aromatic heterocycles. The highest BCUT2D eigenvalue weighted by Gasteiger charge is 2.40. The van der Waals surface area contributed by atoms with E-state index in [0.717, 1.165) is 32.2 Å². The SMILES string of the molecule is O=C(O)CC(NC(=O)N1CCC2CCCCC21)C1CC1. The minimum Gasteiger partial charge on any atom is -0.481 e. The van der Waals surface area contributed by atoms with E-state index >= 15 is 0 Å². The second-order valence-electron chi connectivity index (χ2n) is 6.59. The van der Waals surface area contributed by atoms with Gasteiger partial charge in [0.1, 0.15) is 0 Å². The number of hydrogen-bond donors (Lipinski definition) is 2. The van der Waals surface area contributed by atoms with Gasteiger partial charge in [-0.3, -0.25) is 4.79 Å². The van der Waals surface area contributed by atoms with Crippen LogP contribution in [-0.4, -0.2) is 40.6 Å². The van der Waals surface area contributed by atoms with E-state index < -0.39 is 5.97 Å². The average molecular weight is 280 g/mol. The van der Waals surface area contributed by atoms with Crippen LogP contribution in [0.5, 0.6) is 0 Å². The maximum absolute atomic E-state index is 12.4. The third-order valence-electron chi connectivity index (χ3n) is 5.17. The summed E-state index contributed by atoms with van der Waals surface area (Å²) < 4.78 is 0. The number of nitrogens with one attached hydrogen (secondary N) is 1. The van der Waals surface area contributed by atoms with E-state index in [9.17, 15) is 9.59 Å². The molecule has 1 heterocycles. The largest absolute Gasteiger partial charge is 0.481 e. The van der Waals surface area contributed by atoms with E-state index in [2.05, 4.69) is 5.32 Å². The summed E-state index contributed by atoms with van der Waals surface area (Å²) in [6, 6.07) is 0.189. The minimum absolute atomic E-state index is 0.0300. The Morgan fingerprint density at radius 3 is 2.60 bits per heavy atom. The first-order valence-corrected chi connectivity index (χ1v) is 7.94. The molecule has 0 aromatic carbocycles. The fraction of sp³-hybridized carbons (Fsp3) is 0.867. The minimum atomic E-state index is -0.820. The normalized spacial score (nSPS) is 30.7. The third kappa shape index (κ3) is 2.91. The van der Waals surface area contributed by atoms with E-state index in [0.29, 0.717) is 17.9 Å². The van der Waals surface area contributed by atoms with Crippen molar-refractivity contribution in [2.75, 3.05) is 6.54 Å². The molecule has 0 aromatic rings. The summed E-state index contributed by atoms with van der Waals surface area (Å²) in [4.78, 5) is 25.3.